The smallest absolute Gasteiger partial charge is 0.397 e. The number of carbonyl (C=O) groups is 1. The van der Waals surface area contributed by atoms with Crippen LogP contribution in [0.5, 0.6) is 0 Å². The van der Waals surface area contributed by atoms with E-state index >= 15 is 0 Å². The summed E-state index contributed by atoms with van der Waals surface area (Å²) in [6.45, 7) is 1.21. The van der Waals surface area contributed by atoms with Gasteiger partial charge in [0.1, 0.15) is 36.6 Å². The van der Waals surface area contributed by atoms with E-state index in [1.165, 1.54) is 6.92 Å². The molecule has 27 heavy (non-hydrogen) atoms. The first-order valence-corrected chi connectivity index (χ1v) is 8.95. The predicted molar refractivity (Wildman–Crippen MR) is 78.2 cm³/mol. The monoisotopic (exact) mass is 420 g/mol. The van der Waals surface area contributed by atoms with Crippen molar-refractivity contribution >= 4 is 16.4 Å². The number of hydrogen-bond acceptors (Lipinski definition) is 12. The topological polar surface area (TPSA) is 230 Å². The lowest BCUT2D eigenvalue weighted by Crippen LogP contribution is -2.64. The van der Waals surface area contributed by atoms with E-state index in [1.54, 1.807) is 0 Å². The first-order chi connectivity index (χ1) is 12.3. The molecule has 0 aromatic heterocycles. The van der Waals surface area contributed by atoms with Gasteiger partial charge in [-0.25, -0.2) is 8.98 Å². The molecule has 2 heterocycles. The second-order valence-corrected chi connectivity index (χ2v) is 7.09. The maximum absolute atomic E-state index is 11.1. The first-order valence-electron chi connectivity index (χ1n) is 7.58. The van der Waals surface area contributed by atoms with Gasteiger partial charge >= 0.3 is 16.4 Å². The molecule has 7 N–H and O–H groups in total. The third kappa shape index (κ3) is 4.90. The van der Waals surface area contributed by atoms with Crippen LogP contribution >= 0.6 is 0 Å². The van der Waals surface area contributed by atoms with Crippen molar-refractivity contribution in [3.63, 3.8) is 0 Å². The molecule has 158 valence electrons. The predicted octanol–water partition coefficient (Wildman–Crippen LogP) is -4.45. The molecule has 0 radical (unpaired) electrons. The van der Waals surface area contributed by atoms with Crippen molar-refractivity contribution < 1.29 is 66.8 Å². The maximum Gasteiger partial charge on any atom is 0.397 e. The molecule has 10 atom stereocenters. The fourth-order valence-corrected chi connectivity index (χ4v) is 3.30. The van der Waals surface area contributed by atoms with E-state index in [1.807, 2.05) is 0 Å². The van der Waals surface area contributed by atoms with Crippen molar-refractivity contribution in [3.05, 3.63) is 0 Å². The zero-order valence-electron chi connectivity index (χ0n) is 13.7. The number of carboxylic acids is 1. The van der Waals surface area contributed by atoms with Crippen molar-refractivity contribution in [2.45, 2.75) is 68.3 Å². The van der Waals surface area contributed by atoms with E-state index in [0.717, 1.165) is 0 Å². The van der Waals surface area contributed by atoms with Gasteiger partial charge in [0.2, 0.25) is 0 Å². The summed E-state index contributed by atoms with van der Waals surface area (Å²) in [5.74, 6) is -1.69. The summed E-state index contributed by atoms with van der Waals surface area (Å²) < 4.78 is 49.7. The molecule has 0 aliphatic carbocycles. The molecule has 2 saturated heterocycles. The summed E-state index contributed by atoms with van der Waals surface area (Å²) in [7, 11) is -5.02. The molecule has 0 bridgehead atoms. The third-order valence-electron chi connectivity index (χ3n) is 4.11. The van der Waals surface area contributed by atoms with E-state index in [9.17, 15) is 38.7 Å². The van der Waals surface area contributed by atoms with Crippen molar-refractivity contribution in [2.24, 2.45) is 0 Å². The number of carboxylic acid groups (broad SMARTS) is 1. The van der Waals surface area contributed by atoms with Crippen LogP contribution in [0.15, 0.2) is 0 Å². The summed E-state index contributed by atoms with van der Waals surface area (Å²) in [6.07, 6.45) is -18.6. The Morgan fingerprint density at radius 3 is 2.04 bits per heavy atom. The normalized spacial score (nSPS) is 46.2. The maximum atomic E-state index is 11.1. The van der Waals surface area contributed by atoms with Crippen LogP contribution < -0.4 is 0 Å². The molecule has 0 amide bonds. The molecular weight excluding hydrogens is 400 g/mol. The van der Waals surface area contributed by atoms with Gasteiger partial charge in [-0.15, -0.1) is 0 Å². The van der Waals surface area contributed by atoms with Crippen molar-refractivity contribution in [1.29, 1.82) is 0 Å². The molecule has 2 aliphatic rings. The average molecular weight is 420 g/mol. The summed E-state index contributed by atoms with van der Waals surface area (Å²) in [4.78, 5) is 11.1. The van der Waals surface area contributed by atoms with Gasteiger partial charge in [-0.1, -0.05) is 0 Å². The van der Waals surface area contributed by atoms with Gasteiger partial charge in [0.05, 0.1) is 6.10 Å². The minimum absolute atomic E-state index is 1.21. The van der Waals surface area contributed by atoms with Crippen molar-refractivity contribution in [2.75, 3.05) is 0 Å². The van der Waals surface area contributed by atoms with Crippen LogP contribution in [-0.4, -0.2) is 111 Å². The molecule has 0 saturated carbocycles. The zero-order valence-corrected chi connectivity index (χ0v) is 14.5. The quantitative estimate of drug-likeness (QED) is 0.208. The number of ether oxygens (including phenoxy) is 3. The van der Waals surface area contributed by atoms with Gasteiger partial charge in [-0.2, -0.15) is 8.42 Å². The van der Waals surface area contributed by atoms with E-state index in [2.05, 4.69) is 4.18 Å². The van der Waals surface area contributed by atoms with Gasteiger partial charge in [0.25, 0.3) is 0 Å². The van der Waals surface area contributed by atoms with Crippen LogP contribution in [0.4, 0.5) is 0 Å². The summed E-state index contributed by atoms with van der Waals surface area (Å²) >= 11 is 0. The minimum Gasteiger partial charge on any atom is -0.479 e. The van der Waals surface area contributed by atoms with Gasteiger partial charge in [0, 0.05) is 0 Å². The minimum atomic E-state index is -5.02. The summed E-state index contributed by atoms with van der Waals surface area (Å²) in [5, 5.41) is 58.3. The summed E-state index contributed by atoms with van der Waals surface area (Å²) in [5.41, 5.74) is 0. The van der Waals surface area contributed by atoms with Crippen LogP contribution in [0.2, 0.25) is 0 Å². The Balaban J connectivity index is 2.19. The van der Waals surface area contributed by atoms with Gasteiger partial charge in [-0.3, -0.25) is 4.55 Å². The largest absolute Gasteiger partial charge is 0.479 e. The number of aliphatic hydroxyl groups excluding tert-OH is 5. The number of rotatable bonds is 5. The summed E-state index contributed by atoms with van der Waals surface area (Å²) in [6, 6.07) is 0. The number of hydrogen-bond donors (Lipinski definition) is 7. The lowest BCUT2D eigenvalue weighted by molar-refractivity contribution is -0.353. The highest BCUT2D eigenvalue weighted by molar-refractivity contribution is 7.80. The second kappa shape index (κ2) is 8.18. The highest BCUT2D eigenvalue weighted by Gasteiger charge is 2.52. The Morgan fingerprint density at radius 2 is 1.52 bits per heavy atom. The molecular formula is C12H20O14S. The molecule has 0 unspecified atom stereocenters. The van der Waals surface area contributed by atoms with Crippen LogP contribution in [0.1, 0.15) is 6.92 Å². The van der Waals surface area contributed by atoms with E-state index in [0.29, 0.717) is 0 Å². The Labute approximate surface area is 152 Å². The van der Waals surface area contributed by atoms with Crippen LogP contribution in [-0.2, 0) is 33.6 Å². The first kappa shape index (κ1) is 22.3. The lowest BCUT2D eigenvalue weighted by atomic mass is 9.97. The average Bonchev–Trinajstić information content (AvgIpc) is 2.54. The lowest BCUT2D eigenvalue weighted by Gasteiger charge is -2.44. The van der Waals surface area contributed by atoms with Crippen LogP contribution in [0, 0.1) is 0 Å². The SMILES string of the molecule is C[C@@H]1O[C@H](O)[C@@H](O[C@@H]2O[C@H](C(=O)O)[C@@H](O)[C@H](O)[C@H]2O)[C@H](O)[C@H]1OS(=O)(=O)O. The molecule has 2 rings (SSSR count). The van der Waals surface area contributed by atoms with Gasteiger partial charge in [0.15, 0.2) is 18.7 Å². The Kier molecular flexibility index (Phi) is 6.76. The zero-order chi connectivity index (χ0) is 20.7. The van der Waals surface area contributed by atoms with E-state index in [4.69, 9.17) is 23.9 Å². The standard InChI is InChI=1S/C12H20O14S/c1-2-7(26-27(20,21)22)6(16)9(11(19)23-2)25-12-5(15)3(13)4(14)8(24-12)10(17)18/h2-9,11-16,19H,1H3,(H,17,18)(H,20,21,22)/t2-,3-,4-,5+,6+,7-,8-,9-,11-,12-/m0/s1. The van der Waals surface area contributed by atoms with E-state index in [-0.39, 0.29) is 0 Å². The fourth-order valence-electron chi connectivity index (χ4n) is 2.75. The van der Waals surface area contributed by atoms with Gasteiger partial charge in [-0.05, 0) is 6.92 Å². The number of aliphatic hydroxyl groups is 5. The Bertz CT molecular complexity index is 638. The molecule has 0 aromatic rings. The highest BCUT2D eigenvalue weighted by atomic mass is 32.3. The Hall–Kier alpha value is -0.980. The van der Waals surface area contributed by atoms with Gasteiger partial charge < -0.3 is 44.8 Å². The Morgan fingerprint density at radius 1 is 0.926 bits per heavy atom. The fraction of sp³-hybridized carbons (Fsp3) is 0.917. The molecule has 14 nitrogen and oxygen atoms in total. The third-order valence-corrected chi connectivity index (χ3v) is 4.57. The van der Waals surface area contributed by atoms with E-state index < -0.39 is 77.8 Å². The van der Waals surface area contributed by atoms with Crippen LogP contribution in [0.25, 0.3) is 0 Å². The van der Waals surface area contributed by atoms with Crippen molar-refractivity contribution in [1.82, 2.24) is 0 Å². The second-order valence-electron chi connectivity index (χ2n) is 6.05. The molecule has 0 aromatic carbocycles. The molecule has 0 spiro atoms. The molecule has 2 fully saturated rings. The van der Waals surface area contributed by atoms with Crippen molar-refractivity contribution in [3.8, 4) is 0 Å². The highest BCUT2D eigenvalue weighted by Crippen LogP contribution is 2.30. The molecule has 15 heteroatoms. The number of aliphatic carboxylic acids is 1. The van der Waals surface area contributed by atoms with Crippen LogP contribution in [0.3, 0.4) is 0 Å². The molecule has 2 aliphatic heterocycles.